The summed E-state index contributed by atoms with van der Waals surface area (Å²) in [6.45, 7) is 4.40. The number of carbonyl (C=O) groups is 1. The van der Waals surface area contributed by atoms with Crippen molar-refractivity contribution in [2.24, 2.45) is 0 Å². The number of aryl methyl sites for hydroxylation is 1. The Hall–Kier alpha value is -1.66. The fourth-order valence-corrected chi connectivity index (χ4v) is 1.69. The van der Waals surface area contributed by atoms with E-state index in [0.717, 1.165) is 12.0 Å². The van der Waals surface area contributed by atoms with Gasteiger partial charge >= 0.3 is 0 Å². The van der Waals surface area contributed by atoms with Crippen LogP contribution in [-0.2, 0) is 6.42 Å². The monoisotopic (exact) mass is 244 g/mol. The summed E-state index contributed by atoms with van der Waals surface area (Å²) in [6.07, 6.45) is 1.42. The quantitative estimate of drug-likeness (QED) is 0.723. The second-order valence-corrected chi connectivity index (χ2v) is 4.60. The first-order valence-electron chi connectivity index (χ1n) is 6.27. The number of ketones is 1. The van der Waals surface area contributed by atoms with Gasteiger partial charge in [-0.2, -0.15) is 5.26 Å². The minimum atomic E-state index is 0.102. The molecule has 0 aliphatic carbocycles. The van der Waals surface area contributed by atoms with Gasteiger partial charge in [-0.1, -0.05) is 31.2 Å². The van der Waals surface area contributed by atoms with E-state index in [9.17, 15) is 4.79 Å². The molecule has 0 saturated carbocycles. The number of hydrogen-bond donors (Lipinski definition) is 0. The number of benzene rings is 1. The predicted octanol–water partition coefficient (Wildman–Crippen LogP) is 2.67. The van der Waals surface area contributed by atoms with Crippen LogP contribution >= 0.6 is 0 Å². The molecule has 1 aromatic carbocycles. The normalized spacial score (nSPS) is 12.2. The van der Waals surface area contributed by atoms with E-state index in [1.165, 1.54) is 5.56 Å². The maximum atomic E-state index is 12.0. The summed E-state index contributed by atoms with van der Waals surface area (Å²) in [5, 5.41) is 8.63. The van der Waals surface area contributed by atoms with Crippen LogP contribution in [0, 0.1) is 11.3 Å². The number of carbonyl (C=O) groups excluding carboxylic acids is 1. The van der Waals surface area contributed by atoms with Gasteiger partial charge in [-0.15, -0.1) is 0 Å². The molecule has 0 amide bonds. The minimum absolute atomic E-state index is 0.102. The van der Waals surface area contributed by atoms with Gasteiger partial charge in [0.15, 0.2) is 5.78 Å². The van der Waals surface area contributed by atoms with Gasteiger partial charge in [0.2, 0.25) is 0 Å². The van der Waals surface area contributed by atoms with Crippen molar-refractivity contribution in [2.75, 3.05) is 13.6 Å². The first-order chi connectivity index (χ1) is 8.58. The Kier molecular flexibility index (Phi) is 5.54. The van der Waals surface area contributed by atoms with E-state index >= 15 is 0 Å². The van der Waals surface area contributed by atoms with Crippen molar-refractivity contribution in [3.8, 4) is 6.07 Å². The Morgan fingerprint density at radius 3 is 2.50 bits per heavy atom. The Bertz CT molecular complexity index is 431. The summed E-state index contributed by atoms with van der Waals surface area (Å²) in [4.78, 5) is 14.0. The molecule has 0 bridgehead atoms. The lowest BCUT2D eigenvalue weighted by atomic mass is 10.1. The summed E-state index contributed by atoms with van der Waals surface area (Å²) >= 11 is 0. The van der Waals surface area contributed by atoms with Crippen LogP contribution < -0.4 is 0 Å². The van der Waals surface area contributed by atoms with Crippen LogP contribution in [0.4, 0.5) is 0 Å². The van der Waals surface area contributed by atoms with Crippen molar-refractivity contribution in [1.29, 1.82) is 5.26 Å². The van der Waals surface area contributed by atoms with E-state index in [4.69, 9.17) is 5.26 Å². The third kappa shape index (κ3) is 3.97. The fraction of sp³-hybridized carbons (Fsp3) is 0.467. The Morgan fingerprint density at radius 2 is 2.00 bits per heavy atom. The molecule has 0 aliphatic heterocycles. The van der Waals surface area contributed by atoms with E-state index in [-0.39, 0.29) is 11.8 Å². The Labute approximate surface area is 109 Å². The molecule has 0 spiro atoms. The van der Waals surface area contributed by atoms with E-state index in [1.54, 1.807) is 0 Å². The van der Waals surface area contributed by atoms with E-state index in [2.05, 4.69) is 13.0 Å². The summed E-state index contributed by atoms with van der Waals surface area (Å²) in [7, 11) is 1.88. The van der Waals surface area contributed by atoms with Gasteiger partial charge in [0, 0.05) is 11.6 Å². The molecule has 0 saturated heterocycles. The average molecular weight is 244 g/mol. The van der Waals surface area contributed by atoms with Gasteiger partial charge in [-0.3, -0.25) is 9.69 Å². The maximum Gasteiger partial charge on any atom is 0.176 e. The van der Waals surface area contributed by atoms with Crippen LogP contribution in [-0.4, -0.2) is 30.3 Å². The molecule has 0 fully saturated rings. The first-order valence-corrected chi connectivity index (χ1v) is 6.27. The van der Waals surface area contributed by atoms with Crippen molar-refractivity contribution >= 4 is 5.78 Å². The highest BCUT2D eigenvalue weighted by molar-refractivity contribution is 5.97. The van der Waals surface area contributed by atoms with Gasteiger partial charge in [0.05, 0.1) is 19.0 Å². The number of rotatable bonds is 6. The van der Waals surface area contributed by atoms with Gasteiger partial charge in [0.25, 0.3) is 0 Å². The molecule has 0 heterocycles. The zero-order chi connectivity index (χ0) is 13.5. The van der Waals surface area contributed by atoms with Crippen LogP contribution in [0.2, 0.25) is 0 Å². The number of likely N-dealkylation sites (N-methyl/N-ethyl adjacent to an activating group) is 1. The van der Waals surface area contributed by atoms with E-state index in [1.807, 2.05) is 43.1 Å². The zero-order valence-corrected chi connectivity index (χ0v) is 11.3. The lowest BCUT2D eigenvalue weighted by Crippen LogP contribution is -2.33. The molecular formula is C15H20N2O. The minimum Gasteiger partial charge on any atom is -0.295 e. The standard InChI is InChI=1S/C15H20N2O/c1-4-13-5-7-14(8-6-13)15(18)11-17(3)12(2)9-10-16/h5-8,12H,4,9,11H2,1-3H3. The molecule has 0 N–H and O–H groups in total. The molecule has 0 aliphatic rings. The Morgan fingerprint density at radius 1 is 1.39 bits per heavy atom. The van der Waals surface area contributed by atoms with Gasteiger partial charge in [0.1, 0.15) is 0 Å². The Balaban J connectivity index is 2.62. The van der Waals surface area contributed by atoms with Crippen molar-refractivity contribution < 1.29 is 4.79 Å². The van der Waals surface area contributed by atoms with Crippen molar-refractivity contribution in [3.63, 3.8) is 0 Å². The molecule has 1 rings (SSSR count). The second kappa shape index (κ2) is 6.93. The number of Topliss-reactive ketones (excluding diaryl/α,β-unsaturated/α-hetero) is 1. The van der Waals surface area contributed by atoms with Gasteiger partial charge in [-0.25, -0.2) is 0 Å². The van der Waals surface area contributed by atoms with Crippen LogP contribution in [0.15, 0.2) is 24.3 Å². The number of hydrogen-bond acceptors (Lipinski definition) is 3. The molecule has 0 aromatic heterocycles. The van der Waals surface area contributed by atoms with Crippen LogP contribution in [0.1, 0.15) is 36.2 Å². The first kappa shape index (κ1) is 14.4. The van der Waals surface area contributed by atoms with Gasteiger partial charge in [-0.05, 0) is 26.0 Å². The summed E-state index contributed by atoms with van der Waals surface area (Å²) in [5.41, 5.74) is 1.97. The highest BCUT2D eigenvalue weighted by atomic mass is 16.1. The fourth-order valence-electron chi connectivity index (χ4n) is 1.69. The van der Waals surface area contributed by atoms with Crippen molar-refractivity contribution in [1.82, 2.24) is 4.90 Å². The van der Waals surface area contributed by atoms with Crippen LogP contribution in [0.5, 0.6) is 0 Å². The molecule has 3 nitrogen and oxygen atoms in total. The molecule has 3 heteroatoms. The average Bonchev–Trinajstić information content (AvgIpc) is 2.39. The molecule has 1 aromatic rings. The second-order valence-electron chi connectivity index (χ2n) is 4.60. The largest absolute Gasteiger partial charge is 0.295 e. The van der Waals surface area contributed by atoms with Gasteiger partial charge < -0.3 is 0 Å². The predicted molar refractivity (Wildman–Crippen MR) is 72.5 cm³/mol. The summed E-state index contributed by atoms with van der Waals surface area (Å²) in [5.74, 6) is 0.102. The smallest absolute Gasteiger partial charge is 0.176 e. The lowest BCUT2D eigenvalue weighted by Gasteiger charge is -2.21. The van der Waals surface area contributed by atoms with Crippen LogP contribution in [0.25, 0.3) is 0 Å². The highest BCUT2D eigenvalue weighted by Crippen LogP contribution is 2.08. The molecule has 18 heavy (non-hydrogen) atoms. The number of nitriles is 1. The molecular weight excluding hydrogens is 224 g/mol. The van der Waals surface area contributed by atoms with E-state index in [0.29, 0.717) is 13.0 Å². The summed E-state index contributed by atoms with van der Waals surface area (Å²) in [6, 6.07) is 9.97. The third-order valence-corrected chi connectivity index (χ3v) is 3.22. The molecule has 1 unspecified atom stereocenters. The molecule has 0 radical (unpaired) electrons. The molecule has 1 atom stereocenters. The SMILES string of the molecule is CCc1ccc(C(=O)CN(C)C(C)CC#N)cc1. The van der Waals surface area contributed by atoms with E-state index < -0.39 is 0 Å². The highest BCUT2D eigenvalue weighted by Gasteiger charge is 2.14. The zero-order valence-electron chi connectivity index (χ0n) is 11.3. The van der Waals surface area contributed by atoms with Crippen molar-refractivity contribution in [3.05, 3.63) is 35.4 Å². The number of nitrogens with zero attached hydrogens (tertiary/aromatic N) is 2. The third-order valence-electron chi connectivity index (χ3n) is 3.22. The topological polar surface area (TPSA) is 44.1 Å². The molecule has 96 valence electrons. The maximum absolute atomic E-state index is 12.0. The van der Waals surface area contributed by atoms with Crippen LogP contribution in [0.3, 0.4) is 0 Å². The lowest BCUT2D eigenvalue weighted by molar-refractivity contribution is 0.0926. The summed E-state index contributed by atoms with van der Waals surface area (Å²) < 4.78 is 0. The van der Waals surface area contributed by atoms with Crippen molar-refractivity contribution in [2.45, 2.75) is 32.7 Å².